The van der Waals surface area contributed by atoms with E-state index in [1.807, 2.05) is 13.8 Å². The van der Waals surface area contributed by atoms with E-state index in [0.717, 1.165) is 18.4 Å². The number of benzene rings is 1. The van der Waals surface area contributed by atoms with Crippen molar-refractivity contribution < 1.29 is 14.6 Å². The number of ether oxygens (including phenoxy) is 2. The van der Waals surface area contributed by atoms with Gasteiger partial charge < -0.3 is 20.3 Å². The van der Waals surface area contributed by atoms with Gasteiger partial charge in [-0.15, -0.1) is 0 Å². The zero-order chi connectivity index (χ0) is 12.7. The molecule has 17 heavy (non-hydrogen) atoms. The van der Waals surface area contributed by atoms with Crippen molar-refractivity contribution in [2.75, 3.05) is 13.2 Å². The number of hydrogen-bond acceptors (Lipinski definition) is 4. The van der Waals surface area contributed by atoms with Crippen LogP contribution in [0.3, 0.4) is 0 Å². The van der Waals surface area contributed by atoms with Crippen molar-refractivity contribution >= 4 is 0 Å². The first kappa shape index (κ1) is 13.6. The fraction of sp³-hybridized carbons (Fsp3) is 0.538. The maximum Gasteiger partial charge on any atom is 0.203 e. The van der Waals surface area contributed by atoms with E-state index in [4.69, 9.17) is 15.2 Å². The molecule has 1 aromatic carbocycles. The average molecular weight is 239 g/mol. The summed E-state index contributed by atoms with van der Waals surface area (Å²) in [5.74, 6) is 1.08. The summed E-state index contributed by atoms with van der Waals surface area (Å²) in [7, 11) is 0. The summed E-state index contributed by atoms with van der Waals surface area (Å²) in [6.07, 6.45) is 1.77. The van der Waals surface area contributed by atoms with Crippen LogP contribution in [0.4, 0.5) is 0 Å². The molecule has 0 radical (unpaired) electrons. The molecular formula is C13H21NO3. The highest BCUT2D eigenvalue weighted by molar-refractivity contribution is 5.55. The van der Waals surface area contributed by atoms with Crippen LogP contribution in [-0.4, -0.2) is 18.3 Å². The maximum absolute atomic E-state index is 9.79. The molecule has 0 spiro atoms. The van der Waals surface area contributed by atoms with Crippen LogP contribution in [0.5, 0.6) is 17.2 Å². The van der Waals surface area contributed by atoms with E-state index in [2.05, 4.69) is 0 Å². The van der Waals surface area contributed by atoms with Crippen LogP contribution in [-0.2, 0) is 6.54 Å². The van der Waals surface area contributed by atoms with E-state index < -0.39 is 0 Å². The molecule has 0 bridgehead atoms. The van der Waals surface area contributed by atoms with Gasteiger partial charge >= 0.3 is 0 Å². The molecule has 0 aliphatic heterocycles. The molecule has 1 rings (SSSR count). The molecule has 0 aromatic heterocycles. The fourth-order valence-electron chi connectivity index (χ4n) is 1.46. The molecule has 3 N–H and O–H groups in total. The first-order valence-electron chi connectivity index (χ1n) is 6.05. The number of phenols is 1. The molecule has 0 aliphatic carbocycles. The summed E-state index contributed by atoms with van der Waals surface area (Å²) in [5, 5.41) is 9.79. The highest BCUT2D eigenvalue weighted by atomic mass is 16.5. The Morgan fingerprint density at radius 2 is 1.65 bits per heavy atom. The van der Waals surface area contributed by atoms with E-state index in [1.165, 1.54) is 0 Å². The van der Waals surface area contributed by atoms with Crippen molar-refractivity contribution in [2.24, 2.45) is 5.73 Å². The van der Waals surface area contributed by atoms with Crippen LogP contribution in [0.2, 0.25) is 0 Å². The van der Waals surface area contributed by atoms with Crippen LogP contribution in [0.15, 0.2) is 12.1 Å². The van der Waals surface area contributed by atoms with Crippen molar-refractivity contribution in [1.29, 1.82) is 0 Å². The Bertz CT molecular complexity index is 353. The van der Waals surface area contributed by atoms with Gasteiger partial charge in [-0.1, -0.05) is 19.9 Å². The Hall–Kier alpha value is -1.42. The normalized spacial score (nSPS) is 10.3. The van der Waals surface area contributed by atoms with E-state index >= 15 is 0 Å². The molecule has 4 nitrogen and oxygen atoms in total. The lowest BCUT2D eigenvalue weighted by Gasteiger charge is -2.16. The van der Waals surface area contributed by atoms with Crippen LogP contribution >= 0.6 is 0 Å². The second-order valence-electron chi connectivity index (χ2n) is 3.80. The largest absolute Gasteiger partial charge is 0.504 e. The summed E-state index contributed by atoms with van der Waals surface area (Å²) in [4.78, 5) is 0. The number of rotatable bonds is 7. The van der Waals surface area contributed by atoms with Gasteiger partial charge in [0.25, 0.3) is 0 Å². The topological polar surface area (TPSA) is 64.7 Å². The van der Waals surface area contributed by atoms with Gasteiger partial charge in [-0.05, 0) is 18.9 Å². The summed E-state index contributed by atoms with van der Waals surface area (Å²) < 4.78 is 11.1. The van der Waals surface area contributed by atoms with Crippen LogP contribution in [0, 0.1) is 0 Å². The van der Waals surface area contributed by atoms with E-state index in [0.29, 0.717) is 31.3 Å². The maximum atomic E-state index is 9.79. The Kier molecular flexibility index (Phi) is 5.63. The molecule has 1 aromatic rings. The first-order valence-corrected chi connectivity index (χ1v) is 6.05. The highest BCUT2D eigenvalue weighted by Crippen LogP contribution is 2.39. The van der Waals surface area contributed by atoms with Crippen LogP contribution in [0.25, 0.3) is 0 Å². The second-order valence-corrected chi connectivity index (χ2v) is 3.80. The average Bonchev–Trinajstić information content (AvgIpc) is 2.35. The van der Waals surface area contributed by atoms with E-state index in [-0.39, 0.29) is 5.75 Å². The highest BCUT2D eigenvalue weighted by Gasteiger charge is 2.15. The Labute approximate surface area is 102 Å². The van der Waals surface area contributed by atoms with Gasteiger partial charge in [0.2, 0.25) is 5.75 Å². The Morgan fingerprint density at radius 3 is 2.18 bits per heavy atom. The van der Waals surface area contributed by atoms with Crippen molar-refractivity contribution in [3.63, 3.8) is 0 Å². The molecule has 0 saturated heterocycles. The molecule has 0 saturated carbocycles. The zero-order valence-corrected chi connectivity index (χ0v) is 10.5. The standard InChI is InChI=1S/C13H21NO3/c1-3-7-16-12-10(9-14)5-6-11(15)13(12)17-8-4-2/h5-6,15H,3-4,7-9,14H2,1-2H3. The van der Waals surface area contributed by atoms with Gasteiger partial charge in [0.1, 0.15) is 0 Å². The number of aromatic hydroxyl groups is 1. The van der Waals surface area contributed by atoms with Crippen LogP contribution < -0.4 is 15.2 Å². The van der Waals surface area contributed by atoms with Crippen molar-refractivity contribution in [1.82, 2.24) is 0 Å². The van der Waals surface area contributed by atoms with Gasteiger partial charge in [-0.3, -0.25) is 0 Å². The lowest BCUT2D eigenvalue weighted by molar-refractivity contribution is 0.256. The molecule has 0 aliphatic rings. The summed E-state index contributed by atoms with van der Waals surface area (Å²) >= 11 is 0. The van der Waals surface area contributed by atoms with E-state index in [9.17, 15) is 5.11 Å². The zero-order valence-electron chi connectivity index (χ0n) is 10.5. The van der Waals surface area contributed by atoms with Gasteiger partial charge in [0, 0.05) is 12.1 Å². The first-order chi connectivity index (χ1) is 8.24. The van der Waals surface area contributed by atoms with Gasteiger partial charge in [0.15, 0.2) is 11.5 Å². The quantitative estimate of drug-likeness (QED) is 0.767. The molecule has 0 heterocycles. The number of phenolic OH excluding ortho intramolecular Hbond substituents is 1. The predicted molar refractivity (Wildman–Crippen MR) is 67.6 cm³/mol. The summed E-state index contributed by atoms with van der Waals surface area (Å²) in [6.45, 7) is 5.53. The number of hydrogen-bond donors (Lipinski definition) is 2. The van der Waals surface area contributed by atoms with Crippen molar-refractivity contribution in [2.45, 2.75) is 33.2 Å². The molecule has 0 atom stereocenters. The fourth-order valence-corrected chi connectivity index (χ4v) is 1.46. The summed E-state index contributed by atoms with van der Waals surface area (Å²) in [6, 6.07) is 3.35. The molecule has 96 valence electrons. The molecule has 0 fully saturated rings. The SMILES string of the molecule is CCCOc1c(O)ccc(CN)c1OCCC. The van der Waals surface area contributed by atoms with Crippen molar-refractivity contribution in [3.8, 4) is 17.2 Å². The minimum absolute atomic E-state index is 0.0988. The Morgan fingerprint density at radius 1 is 1.06 bits per heavy atom. The third-order valence-corrected chi connectivity index (χ3v) is 2.29. The Balaban J connectivity index is 3.02. The number of nitrogens with two attached hydrogens (primary N) is 1. The monoisotopic (exact) mass is 239 g/mol. The predicted octanol–water partition coefficient (Wildman–Crippen LogP) is 2.43. The van der Waals surface area contributed by atoms with E-state index in [1.54, 1.807) is 12.1 Å². The lowest BCUT2D eigenvalue weighted by Crippen LogP contribution is -2.06. The minimum Gasteiger partial charge on any atom is -0.504 e. The van der Waals surface area contributed by atoms with Gasteiger partial charge in [0.05, 0.1) is 13.2 Å². The van der Waals surface area contributed by atoms with Gasteiger partial charge in [-0.2, -0.15) is 0 Å². The van der Waals surface area contributed by atoms with Crippen LogP contribution in [0.1, 0.15) is 32.3 Å². The smallest absolute Gasteiger partial charge is 0.203 e. The van der Waals surface area contributed by atoms with Crippen molar-refractivity contribution in [3.05, 3.63) is 17.7 Å². The second kappa shape index (κ2) is 7.01. The third-order valence-electron chi connectivity index (χ3n) is 2.29. The third kappa shape index (κ3) is 3.53. The molecule has 0 amide bonds. The van der Waals surface area contributed by atoms with Gasteiger partial charge in [-0.25, -0.2) is 0 Å². The molecular weight excluding hydrogens is 218 g/mol. The minimum atomic E-state index is 0.0988. The molecule has 0 unspecified atom stereocenters. The lowest BCUT2D eigenvalue weighted by atomic mass is 10.1. The molecule has 4 heteroatoms. The summed E-state index contributed by atoms with van der Waals surface area (Å²) in [5.41, 5.74) is 6.50.